The zero-order chi connectivity index (χ0) is 15.6. The maximum atomic E-state index is 12.5. The maximum Gasteiger partial charge on any atom is 0.244 e. The first kappa shape index (κ1) is 15.1. The van der Waals surface area contributed by atoms with Crippen molar-refractivity contribution in [3.8, 4) is 0 Å². The summed E-state index contributed by atoms with van der Waals surface area (Å²) in [5.41, 5.74) is -0.476. The van der Waals surface area contributed by atoms with Gasteiger partial charge in [-0.2, -0.15) is 4.31 Å². The molecular weight excluding hydrogens is 302 g/mol. The van der Waals surface area contributed by atoms with E-state index in [1.807, 2.05) is 6.07 Å². The SMILES string of the molecule is O=S(=O)(c1cccnc1)N1CCC(O)(c2ccccn2)CC1. The Kier molecular flexibility index (Phi) is 3.94. The highest BCUT2D eigenvalue weighted by Gasteiger charge is 2.39. The van der Waals surface area contributed by atoms with Crippen LogP contribution < -0.4 is 0 Å². The fourth-order valence-corrected chi connectivity index (χ4v) is 4.05. The fourth-order valence-electron chi connectivity index (χ4n) is 2.64. The largest absolute Gasteiger partial charge is 0.383 e. The summed E-state index contributed by atoms with van der Waals surface area (Å²) in [5.74, 6) is 0. The van der Waals surface area contributed by atoms with Crippen LogP contribution in [0.15, 0.2) is 53.8 Å². The van der Waals surface area contributed by atoms with E-state index in [1.54, 1.807) is 24.4 Å². The summed E-state index contributed by atoms with van der Waals surface area (Å²) in [7, 11) is -3.56. The summed E-state index contributed by atoms with van der Waals surface area (Å²) in [4.78, 5) is 8.23. The first-order valence-corrected chi connectivity index (χ1v) is 8.50. The van der Waals surface area contributed by atoms with Gasteiger partial charge in [0.25, 0.3) is 0 Å². The van der Waals surface area contributed by atoms with E-state index in [0.29, 0.717) is 18.5 Å². The van der Waals surface area contributed by atoms with Crippen LogP contribution in [-0.4, -0.2) is 40.9 Å². The standard InChI is InChI=1S/C15H17N3O3S/c19-15(14-5-1-2-9-17-14)6-10-18(11-7-15)22(20,21)13-4-3-8-16-12-13/h1-5,8-9,12,19H,6-7,10-11H2. The summed E-state index contributed by atoms with van der Waals surface area (Å²) in [6, 6.07) is 8.50. The van der Waals surface area contributed by atoms with Crippen LogP contribution in [-0.2, 0) is 15.6 Å². The van der Waals surface area contributed by atoms with Gasteiger partial charge in [-0.1, -0.05) is 6.07 Å². The lowest BCUT2D eigenvalue weighted by Crippen LogP contribution is -2.45. The summed E-state index contributed by atoms with van der Waals surface area (Å²) in [6.45, 7) is 0.509. The molecule has 1 aliphatic heterocycles. The Hall–Kier alpha value is -1.83. The average molecular weight is 319 g/mol. The van der Waals surface area contributed by atoms with Crippen LogP contribution in [0.1, 0.15) is 18.5 Å². The molecule has 2 aromatic rings. The molecule has 1 aliphatic rings. The van der Waals surface area contributed by atoms with Crippen molar-refractivity contribution in [2.45, 2.75) is 23.3 Å². The molecule has 0 aromatic carbocycles. The molecule has 1 saturated heterocycles. The van der Waals surface area contributed by atoms with Crippen LogP contribution in [0.3, 0.4) is 0 Å². The fraction of sp³-hybridized carbons (Fsp3) is 0.333. The number of sulfonamides is 1. The number of aromatic nitrogens is 2. The molecule has 22 heavy (non-hydrogen) atoms. The van der Waals surface area contributed by atoms with Crippen molar-refractivity contribution >= 4 is 10.0 Å². The second-order valence-electron chi connectivity index (χ2n) is 5.34. The number of aliphatic hydroxyl groups is 1. The summed E-state index contributed by atoms with van der Waals surface area (Å²) >= 11 is 0. The molecule has 2 aromatic heterocycles. The molecule has 0 atom stereocenters. The molecule has 1 N–H and O–H groups in total. The quantitative estimate of drug-likeness (QED) is 0.917. The lowest BCUT2D eigenvalue weighted by molar-refractivity contribution is -0.0134. The Morgan fingerprint density at radius 3 is 2.45 bits per heavy atom. The lowest BCUT2D eigenvalue weighted by atomic mass is 9.89. The summed E-state index contributed by atoms with van der Waals surface area (Å²) < 4.78 is 26.4. The van der Waals surface area contributed by atoms with E-state index < -0.39 is 15.6 Å². The van der Waals surface area contributed by atoms with Crippen LogP contribution in [0, 0.1) is 0 Å². The molecule has 6 nitrogen and oxygen atoms in total. The number of hydrogen-bond acceptors (Lipinski definition) is 5. The van der Waals surface area contributed by atoms with Crippen molar-refractivity contribution in [2.24, 2.45) is 0 Å². The maximum absolute atomic E-state index is 12.5. The van der Waals surface area contributed by atoms with Gasteiger partial charge in [0.2, 0.25) is 10.0 Å². The predicted octanol–water partition coefficient (Wildman–Crippen LogP) is 1.15. The molecule has 0 bridgehead atoms. The van der Waals surface area contributed by atoms with Crippen LogP contribution in [0.4, 0.5) is 0 Å². The minimum absolute atomic E-state index is 0.179. The topological polar surface area (TPSA) is 83.4 Å². The van der Waals surface area contributed by atoms with E-state index in [0.717, 1.165) is 0 Å². The van der Waals surface area contributed by atoms with Gasteiger partial charge in [-0.05, 0) is 37.1 Å². The zero-order valence-corrected chi connectivity index (χ0v) is 12.8. The first-order valence-electron chi connectivity index (χ1n) is 7.06. The van der Waals surface area contributed by atoms with Crippen molar-refractivity contribution in [2.75, 3.05) is 13.1 Å². The number of hydrogen-bond donors (Lipinski definition) is 1. The molecule has 0 radical (unpaired) electrons. The molecule has 3 rings (SSSR count). The highest BCUT2D eigenvalue weighted by Crippen LogP contribution is 2.33. The average Bonchev–Trinajstić information content (AvgIpc) is 2.57. The van der Waals surface area contributed by atoms with E-state index in [4.69, 9.17) is 0 Å². The second kappa shape index (κ2) is 5.75. The van der Waals surface area contributed by atoms with Gasteiger partial charge in [-0.25, -0.2) is 8.42 Å². The molecule has 1 fully saturated rings. The molecule has 3 heterocycles. The van der Waals surface area contributed by atoms with E-state index in [1.165, 1.54) is 22.8 Å². The molecule has 0 unspecified atom stereocenters. The Balaban J connectivity index is 1.77. The van der Waals surface area contributed by atoms with Crippen molar-refractivity contribution < 1.29 is 13.5 Å². The molecule has 0 aliphatic carbocycles. The van der Waals surface area contributed by atoms with E-state index in [2.05, 4.69) is 9.97 Å². The van der Waals surface area contributed by atoms with Gasteiger partial charge in [0, 0.05) is 31.7 Å². The second-order valence-corrected chi connectivity index (χ2v) is 7.28. The molecule has 116 valence electrons. The predicted molar refractivity (Wildman–Crippen MR) is 80.4 cm³/mol. The Morgan fingerprint density at radius 1 is 1.09 bits per heavy atom. The van der Waals surface area contributed by atoms with Crippen LogP contribution in [0.2, 0.25) is 0 Å². The van der Waals surface area contributed by atoms with Crippen molar-refractivity contribution in [1.82, 2.24) is 14.3 Å². The summed E-state index contributed by atoms with van der Waals surface area (Å²) in [5, 5.41) is 10.7. The van der Waals surface area contributed by atoms with Gasteiger partial charge < -0.3 is 5.11 Å². The highest BCUT2D eigenvalue weighted by atomic mass is 32.2. The Labute approximate surface area is 129 Å². The van der Waals surface area contributed by atoms with Crippen molar-refractivity contribution in [3.63, 3.8) is 0 Å². The van der Waals surface area contributed by atoms with Crippen molar-refractivity contribution in [3.05, 3.63) is 54.6 Å². The number of pyridine rings is 2. The van der Waals surface area contributed by atoms with Crippen LogP contribution in [0.5, 0.6) is 0 Å². The molecule has 0 amide bonds. The van der Waals surface area contributed by atoms with Gasteiger partial charge in [-0.3, -0.25) is 9.97 Å². The van der Waals surface area contributed by atoms with Gasteiger partial charge >= 0.3 is 0 Å². The molecule has 0 spiro atoms. The smallest absolute Gasteiger partial charge is 0.244 e. The van der Waals surface area contributed by atoms with E-state index in [9.17, 15) is 13.5 Å². The third kappa shape index (κ3) is 2.75. The number of rotatable bonds is 3. The summed E-state index contributed by atoms with van der Waals surface area (Å²) in [6.07, 6.45) is 5.16. The van der Waals surface area contributed by atoms with Gasteiger partial charge in [0.1, 0.15) is 10.5 Å². The molecule has 7 heteroatoms. The third-order valence-corrected chi connectivity index (χ3v) is 5.85. The number of piperidine rings is 1. The monoisotopic (exact) mass is 319 g/mol. The minimum atomic E-state index is -3.56. The van der Waals surface area contributed by atoms with E-state index >= 15 is 0 Å². The van der Waals surface area contributed by atoms with Gasteiger partial charge in [0.05, 0.1) is 5.69 Å². The highest BCUT2D eigenvalue weighted by molar-refractivity contribution is 7.89. The van der Waals surface area contributed by atoms with E-state index in [-0.39, 0.29) is 18.0 Å². The molecular formula is C15H17N3O3S. The number of nitrogens with zero attached hydrogens (tertiary/aromatic N) is 3. The van der Waals surface area contributed by atoms with Crippen LogP contribution >= 0.6 is 0 Å². The first-order chi connectivity index (χ1) is 10.5. The van der Waals surface area contributed by atoms with Gasteiger partial charge in [-0.15, -0.1) is 0 Å². The van der Waals surface area contributed by atoms with Crippen molar-refractivity contribution in [1.29, 1.82) is 0 Å². The van der Waals surface area contributed by atoms with Crippen LogP contribution in [0.25, 0.3) is 0 Å². The lowest BCUT2D eigenvalue weighted by Gasteiger charge is -2.37. The third-order valence-electron chi connectivity index (χ3n) is 3.96. The Bertz CT molecular complexity index is 727. The minimum Gasteiger partial charge on any atom is -0.383 e. The normalized spacial score (nSPS) is 19.0. The molecule has 0 saturated carbocycles. The van der Waals surface area contributed by atoms with Gasteiger partial charge in [0.15, 0.2) is 0 Å². The Morgan fingerprint density at radius 2 is 1.86 bits per heavy atom. The zero-order valence-electron chi connectivity index (χ0n) is 12.0.